The summed E-state index contributed by atoms with van der Waals surface area (Å²) >= 11 is 0. The van der Waals surface area contributed by atoms with E-state index in [-0.39, 0.29) is 6.54 Å². The minimum Gasteiger partial charge on any atom is -0.481 e. The molecule has 108 valence electrons. The fourth-order valence-electron chi connectivity index (χ4n) is 1.21. The van der Waals surface area contributed by atoms with Crippen molar-refractivity contribution in [1.29, 1.82) is 0 Å². The van der Waals surface area contributed by atoms with Crippen LogP contribution in [0.3, 0.4) is 0 Å². The van der Waals surface area contributed by atoms with Gasteiger partial charge < -0.3 is 5.11 Å². The third-order valence-electron chi connectivity index (χ3n) is 3.18. The molecule has 0 aliphatic heterocycles. The molecule has 0 fully saturated rings. The second kappa shape index (κ2) is 7.06. The summed E-state index contributed by atoms with van der Waals surface area (Å²) in [5.74, 6) is -0.996. The lowest BCUT2D eigenvalue weighted by molar-refractivity contribution is -0.147. The van der Waals surface area contributed by atoms with Crippen molar-refractivity contribution in [2.75, 3.05) is 20.1 Å². The third kappa shape index (κ3) is 4.91. The van der Waals surface area contributed by atoms with E-state index in [1.807, 2.05) is 6.92 Å². The molecule has 18 heavy (non-hydrogen) atoms. The average Bonchev–Trinajstić information content (AvgIpc) is 2.32. The molecule has 0 spiro atoms. The van der Waals surface area contributed by atoms with E-state index < -0.39 is 21.6 Å². The van der Waals surface area contributed by atoms with Crippen molar-refractivity contribution in [1.82, 2.24) is 9.03 Å². The Morgan fingerprint density at radius 3 is 2.33 bits per heavy atom. The molecule has 1 unspecified atom stereocenters. The molecule has 0 saturated heterocycles. The van der Waals surface area contributed by atoms with Gasteiger partial charge in [-0.25, -0.2) is 4.72 Å². The summed E-state index contributed by atoms with van der Waals surface area (Å²) in [5.41, 5.74) is -1.07. The standard InChI is InChI=1S/C11H24N2O4S/c1-5-7-8-13(4)18(16,17)12-9-11(3,6-2)10(14)15/h12H,5-9H2,1-4H3,(H,14,15). The molecule has 1 atom stereocenters. The third-order valence-corrected chi connectivity index (χ3v) is 4.69. The van der Waals surface area contributed by atoms with Gasteiger partial charge in [-0.3, -0.25) is 4.79 Å². The van der Waals surface area contributed by atoms with Gasteiger partial charge in [0.25, 0.3) is 10.2 Å². The Morgan fingerprint density at radius 2 is 1.94 bits per heavy atom. The predicted molar refractivity (Wildman–Crippen MR) is 70.5 cm³/mol. The first-order valence-corrected chi connectivity index (χ1v) is 7.58. The van der Waals surface area contributed by atoms with Crippen molar-refractivity contribution < 1.29 is 18.3 Å². The van der Waals surface area contributed by atoms with Crippen molar-refractivity contribution in [3.63, 3.8) is 0 Å². The number of carboxylic acids is 1. The van der Waals surface area contributed by atoms with Gasteiger partial charge in [-0.2, -0.15) is 12.7 Å². The highest BCUT2D eigenvalue weighted by Gasteiger charge is 2.33. The topological polar surface area (TPSA) is 86.7 Å². The molecule has 0 aromatic carbocycles. The Bertz CT molecular complexity index is 369. The number of rotatable bonds is 9. The van der Waals surface area contributed by atoms with E-state index in [0.29, 0.717) is 13.0 Å². The monoisotopic (exact) mass is 280 g/mol. The first kappa shape index (κ1) is 17.3. The molecule has 0 saturated carbocycles. The van der Waals surface area contributed by atoms with Gasteiger partial charge in [-0.1, -0.05) is 20.3 Å². The number of carboxylic acid groups (broad SMARTS) is 1. The smallest absolute Gasteiger partial charge is 0.310 e. The Labute approximate surface area is 110 Å². The van der Waals surface area contributed by atoms with Gasteiger partial charge in [-0.05, 0) is 19.8 Å². The summed E-state index contributed by atoms with van der Waals surface area (Å²) in [4.78, 5) is 11.1. The van der Waals surface area contributed by atoms with Gasteiger partial charge in [0, 0.05) is 20.1 Å². The van der Waals surface area contributed by atoms with E-state index in [1.165, 1.54) is 18.3 Å². The van der Waals surface area contributed by atoms with E-state index in [9.17, 15) is 13.2 Å². The van der Waals surface area contributed by atoms with Crippen LogP contribution in [0.1, 0.15) is 40.0 Å². The summed E-state index contributed by atoms with van der Waals surface area (Å²) in [6.45, 7) is 5.57. The fraction of sp³-hybridized carbons (Fsp3) is 0.909. The lowest BCUT2D eigenvalue weighted by atomic mass is 9.88. The number of hydrogen-bond acceptors (Lipinski definition) is 3. The predicted octanol–water partition coefficient (Wildman–Crippen LogP) is 1.05. The van der Waals surface area contributed by atoms with Crippen LogP contribution < -0.4 is 4.72 Å². The van der Waals surface area contributed by atoms with Crippen LogP contribution in [0.2, 0.25) is 0 Å². The van der Waals surface area contributed by atoms with Crippen molar-refractivity contribution in [2.45, 2.75) is 40.0 Å². The largest absolute Gasteiger partial charge is 0.481 e. The first-order valence-electron chi connectivity index (χ1n) is 6.14. The van der Waals surface area contributed by atoms with Crippen LogP contribution in [-0.4, -0.2) is 43.9 Å². The molecule has 0 aliphatic rings. The van der Waals surface area contributed by atoms with Crippen LogP contribution in [0, 0.1) is 5.41 Å². The van der Waals surface area contributed by atoms with Crippen LogP contribution in [0.5, 0.6) is 0 Å². The number of aliphatic carboxylic acids is 1. The molecule has 6 nitrogen and oxygen atoms in total. The number of nitrogens with zero attached hydrogens (tertiary/aromatic N) is 1. The molecule has 0 aromatic rings. The van der Waals surface area contributed by atoms with Crippen molar-refractivity contribution in [3.05, 3.63) is 0 Å². The van der Waals surface area contributed by atoms with E-state index >= 15 is 0 Å². The lowest BCUT2D eigenvalue weighted by Crippen LogP contribution is -2.45. The number of unbranched alkanes of at least 4 members (excludes halogenated alkanes) is 1. The summed E-state index contributed by atoms with van der Waals surface area (Å²) in [6, 6.07) is 0. The summed E-state index contributed by atoms with van der Waals surface area (Å²) in [5, 5.41) is 9.06. The highest BCUT2D eigenvalue weighted by atomic mass is 32.2. The van der Waals surface area contributed by atoms with E-state index in [2.05, 4.69) is 4.72 Å². The zero-order valence-electron chi connectivity index (χ0n) is 11.6. The van der Waals surface area contributed by atoms with Crippen molar-refractivity contribution in [2.24, 2.45) is 5.41 Å². The summed E-state index contributed by atoms with van der Waals surface area (Å²) < 4.78 is 27.3. The fourth-order valence-corrected chi connectivity index (χ4v) is 2.30. The van der Waals surface area contributed by atoms with Crippen LogP contribution in [-0.2, 0) is 15.0 Å². The molecule has 0 aliphatic carbocycles. The molecule has 7 heteroatoms. The number of hydrogen-bond donors (Lipinski definition) is 2. The Hall–Kier alpha value is -0.660. The Kier molecular flexibility index (Phi) is 6.80. The normalized spacial score (nSPS) is 15.6. The summed E-state index contributed by atoms with van der Waals surface area (Å²) in [6.07, 6.45) is 2.05. The maximum absolute atomic E-state index is 11.8. The maximum atomic E-state index is 11.8. The van der Waals surface area contributed by atoms with Gasteiger partial charge in [0.1, 0.15) is 0 Å². The zero-order chi connectivity index (χ0) is 14.4. The maximum Gasteiger partial charge on any atom is 0.310 e. The first-order chi connectivity index (χ1) is 8.19. The second-order valence-corrected chi connectivity index (χ2v) is 6.58. The van der Waals surface area contributed by atoms with E-state index in [0.717, 1.165) is 12.8 Å². The van der Waals surface area contributed by atoms with Crippen molar-refractivity contribution in [3.8, 4) is 0 Å². The van der Waals surface area contributed by atoms with Gasteiger partial charge in [0.05, 0.1) is 5.41 Å². The quantitative estimate of drug-likeness (QED) is 0.661. The Balaban J connectivity index is 4.55. The molecular weight excluding hydrogens is 256 g/mol. The SMILES string of the molecule is CCCCN(C)S(=O)(=O)NCC(C)(CC)C(=O)O. The molecule has 0 rings (SSSR count). The van der Waals surface area contributed by atoms with Crippen LogP contribution in [0.15, 0.2) is 0 Å². The Morgan fingerprint density at radius 1 is 1.39 bits per heavy atom. The van der Waals surface area contributed by atoms with Gasteiger partial charge in [-0.15, -0.1) is 0 Å². The minimum atomic E-state index is -3.59. The van der Waals surface area contributed by atoms with E-state index in [1.54, 1.807) is 6.92 Å². The molecule has 0 bridgehead atoms. The van der Waals surface area contributed by atoms with Gasteiger partial charge >= 0.3 is 5.97 Å². The second-order valence-electron chi connectivity index (χ2n) is 4.72. The highest BCUT2D eigenvalue weighted by Crippen LogP contribution is 2.20. The highest BCUT2D eigenvalue weighted by molar-refractivity contribution is 7.87. The molecule has 0 radical (unpaired) electrons. The summed E-state index contributed by atoms with van der Waals surface area (Å²) in [7, 11) is -2.10. The molecular formula is C11H24N2O4S. The van der Waals surface area contributed by atoms with Gasteiger partial charge in [0.2, 0.25) is 0 Å². The number of carbonyl (C=O) groups is 1. The lowest BCUT2D eigenvalue weighted by Gasteiger charge is -2.25. The zero-order valence-corrected chi connectivity index (χ0v) is 12.4. The van der Waals surface area contributed by atoms with Crippen molar-refractivity contribution >= 4 is 16.2 Å². The molecule has 0 aromatic heterocycles. The molecule has 0 heterocycles. The van der Waals surface area contributed by atoms with Gasteiger partial charge in [0.15, 0.2) is 0 Å². The molecule has 2 N–H and O–H groups in total. The van der Waals surface area contributed by atoms with Crippen LogP contribution >= 0.6 is 0 Å². The number of nitrogens with one attached hydrogen (secondary N) is 1. The van der Waals surface area contributed by atoms with Crippen LogP contribution in [0.4, 0.5) is 0 Å². The minimum absolute atomic E-state index is 0.0996. The van der Waals surface area contributed by atoms with Crippen LogP contribution in [0.25, 0.3) is 0 Å². The average molecular weight is 280 g/mol. The van der Waals surface area contributed by atoms with E-state index in [4.69, 9.17) is 5.11 Å². The molecule has 0 amide bonds.